The van der Waals surface area contributed by atoms with Gasteiger partial charge in [0.05, 0.1) is 5.75 Å². The molecule has 2 aromatic heterocycles. The van der Waals surface area contributed by atoms with Gasteiger partial charge >= 0.3 is 0 Å². The SMILES string of the molecule is O=C(CSc1nnc2c(n1)[nH]c1ccccc12)N(Cc1ccccc1F)C1CC1. The highest BCUT2D eigenvalue weighted by Crippen LogP contribution is 2.30. The van der Waals surface area contributed by atoms with E-state index in [-0.39, 0.29) is 30.1 Å². The zero-order valence-electron chi connectivity index (χ0n) is 15.5. The highest BCUT2D eigenvalue weighted by Gasteiger charge is 2.33. The monoisotopic (exact) mass is 407 g/mol. The van der Waals surface area contributed by atoms with Crippen LogP contribution in [0.1, 0.15) is 18.4 Å². The van der Waals surface area contributed by atoms with Crippen molar-refractivity contribution in [1.82, 2.24) is 25.1 Å². The first-order chi connectivity index (χ1) is 14.2. The summed E-state index contributed by atoms with van der Waals surface area (Å²) in [6.45, 7) is 0.289. The van der Waals surface area contributed by atoms with E-state index in [1.165, 1.54) is 17.8 Å². The van der Waals surface area contributed by atoms with Gasteiger partial charge in [-0.1, -0.05) is 48.2 Å². The van der Waals surface area contributed by atoms with Crippen molar-refractivity contribution < 1.29 is 9.18 Å². The van der Waals surface area contributed by atoms with Crippen molar-refractivity contribution in [2.45, 2.75) is 30.6 Å². The predicted octanol–water partition coefficient (Wildman–Crippen LogP) is 3.93. The van der Waals surface area contributed by atoms with E-state index in [0.29, 0.717) is 16.4 Å². The topological polar surface area (TPSA) is 74.8 Å². The minimum atomic E-state index is -0.282. The quantitative estimate of drug-likeness (QED) is 0.490. The molecule has 0 saturated heterocycles. The number of aromatic nitrogens is 4. The number of halogens is 1. The summed E-state index contributed by atoms with van der Waals surface area (Å²) < 4.78 is 14.0. The second-order valence-corrected chi connectivity index (χ2v) is 8.04. The van der Waals surface area contributed by atoms with E-state index in [1.807, 2.05) is 24.3 Å². The van der Waals surface area contributed by atoms with Crippen molar-refractivity contribution in [3.8, 4) is 0 Å². The zero-order valence-corrected chi connectivity index (χ0v) is 16.3. The molecule has 0 atom stereocenters. The maximum absolute atomic E-state index is 14.0. The normalized spacial score (nSPS) is 13.8. The number of para-hydroxylation sites is 1. The lowest BCUT2D eigenvalue weighted by atomic mass is 10.2. The molecule has 0 unspecified atom stereocenters. The third-order valence-electron chi connectivity index (χ3n) is 5.03. The molecule has 0 radical (unpaired) electrons. The lowest BCUT2D eigenvalue weighted by Gasteiger charge is -2.22. The average Bonchev–Trinajstić information content (AvgIpc) is 3.51. The number of carbonyl (C=O) groups excluding carboxylic acids is 1. The molecule has 1 N–H and O–H groups in total. The van der Waals surface area contributed by atoms with Crippen LogP contribution in [0.3, 0.4) is 0 Å². The van der Waals surface area contributed by atoms with Gasteiger partial charge in [-0.25, -0.2) is 9.37 Å². The lowest BCUT2D eigenvalue weighted by Crippen LogP contribution is -2.34. The van der Waals surface area contributed by atoms with Crippen molar-refractivity contribution in [2.75, 3.05) is 5.75 Å². The first-order valence-corrected chi connectivity index (χ1v) is 10.4. The molecular weight excluding hydrogens is 389 g/mol. The fourth-order valence-electron chi connectivity index (χ4n) is 3.39. The van der Waals surface area contributed by atoms with Crippen LogP contribution in [0.4, 0.5) is 4.39 Å². The first-order valence-electron chi connectivity index (χ1n) is 9.46. The third-order valence-corrected chi connectivity index (χ3v) is 5.86. The number of benzene rings is 2. The number of hydrogen-bond acceptors (Lipinski definition) is 5. The summed E-state index contributed by atoms with van der Waals surface area (Å²) in [6, 6.07) is 14.6. The maximum Gasteiger partial charge on any atom is 0.233 e. The molecule has 0 spiro atoms. The number of carbonyl (C=O) groups is 1. The van der Waals surface area contributed by atoms with Crippen LogP contribution in [-0.4, -0.2) is 42.8 Å². The van der Waals surface area contributed by atoms with Crippen molar-refractivity contribution in [3.63, 3.8) is 0 Å². The molecule has 8 heteroatoms. The molecule has 4 aromatic rings. The summed E-state index contributed by atoms with van der Waals surface area (Å²) in [5.74, 6) is -0.130. The smallest absolute Gasteiger partial charge is 0.233 e. The van der Waals surface area contributed by atoms with Crippen LogP contribution in [-0.2, 0) is 11.3 Å². The van der Waals surface area contributed by atoms with Crippen LogP contribution in [0, 0.1) is 5.82 Å². The maximum atomic E-state index is 14.0. The molecule has 5 rings (SSSR count). The van der Waals surface area contributed by atoms with Gasteiger partial charge in [-0.15, -0.1) is 10.2 Å². The minimum absolute atomic E-state index is 0.0407. The highest BCUT2D eigenvalue weighted by atomic mass is 32.2. The highest BCUT2D eigenvalue weighted by molar-refractivity contribution is 7.99. The van der Waals surface area contributed by atoms with E-state index in [4.69, 9.17) is 0 Å². The van der Waals surface area contributed by atoms with Crippen LogP contribution in [0.15, 0.2) is 53.7 Å². The fourth-order valence-corrected chi connectivity index (χ4v) is 4.07. The number of rotatable bonds is 6. The Morgan fingerprint density at radius 2 is 1.93 bits per heavy atom. The second kappa shape index (κ2) is 7.44. The summed E-state index contributed by atoms with van der Waals surface area (Å²) in [6.07, 6.45) is 1.92. The Labute approximate surface area is 170 Å². The number of thioether (sulfide) groups is 1. The first kappa shape index (κ1) is 18.1. The van der Waals surface area contributed by atoms with Gasteiger partial charge in [-0.2, -0.15) is 0 Å². The van der Waals surface area contributed by atoms with Gasteiger partial charge < -0.3 is 9.88 Å². The molecule has 1 amide bonds. The molecule has 29 heavy (non-hydrogen) atoms. The predicted molar refractivity (Wildman–Crippen MR) is 110 cm³/mol. The molecule has 2 aromatic carbocycles. The second-order valence-electron chi connectivity index (χ2n) is 7.10. The van der Waals surface area contributed by atoms with Crippen molar-refractivity contribution in [3.05, 3.63) is 59.9 Å². The minimum Gasteiger partial charge on any atom is -0.338 e. The molecular formula is C21H18FN5OS. The number of amides is 1. The van der Waals surface area contributed by atoms with Gasteiger partial charge in [-0.05, 0) is 25.0 Å². The lowest BCUT2D eigenvalue weighted by molar-refractivity contribution is -0.129. The molecule has 1 aliphatic carbocycles. The molecule has 2 heterocycles. The van der Waals surface area contributed by atoms with E-state index in [0.717, 1.165) is 29.3 Å². The van der Waals surface area contributed by atoms with Crippen LogP contribution in [0.2, 0.25) is 0 Å². The fraction of sp³-hybridized carbons (Fsp3) is 0.238. The number of aromatic amines is 1. The molecule has 0 bridgehead atoms. The number of H-pyrrole nitrogens is 1. The average molecular weight is 407 g/mol. The van der Waals surface area contributed by atoms with E-state index in [9.17, 15) is 9.18 Å². The van der Waals surface area contributed by atoms with E-state index < -0.39 is 0 Å². The Balaban J connectivity index is 1.31. The number of hydrogen-bond donors (Lipinski definition) is 1. The largest absolute Gasteiger partial charge is 0.338 e. The standard InChI is InChI=1S/C21H18FN5OS/c22-16-7-3-1-5-13(16)11-27(14-9-10-14)18(28)12-29-21-24-20-19(25-26-21)15-6-2-4-8-17(15)23-20/h1-8,14H,9-12H2,(H,23,24,26). The molecule has 0 aliphatic heterocycles. The Kier molecular flexibility index (Phi) is 4.63. The van der Waals surface area contributed by atoms with Gasteiger partial charge in [0.25, 0.3) is 0 Å². The summed E-state index contributed by atoms with van der Waals surface area (Å²) in [5, 5.41) is 9.87. The zero-order chi connectivity index (χ0) is 19.8. The van der Waals surface area contributed by atoms with Gasteiger partial charge in [-0.3, -0.25) is 4.79 Å². The van der Waals surface area contributed by atoms with E-state index >= 15 is 0 Å². The summed E-state index contributed by atoms with van der Waals surface area (Å²) in [4.78, 5) is 22.3. The van der Waals surface area contributed by atoms with Gasteiger partial charge in [0.1, 0.15) is 11.3 Å². The van der Waals surface area contributed by atoms with E-state index in [1.54, 1.807) is 23.1 Å². The molecule has 1 saturated carbocycles. The number of nitrogens with one attached hydrogen (secondary N) is 1. The Morgan fingerprint density at radius 3 is 2.76 bits per heavy atom. The van der Waals surface area contributed by atoms with Crippen molar-refractivity contribution in [2.24, 2.45) is 0 Å². The molecule has 6 nitrogen and oxygen atoms in total. The summed E-state index contributed by atoms with van der Waals surface area (Å²) in [7, 11) is 0. The van der Waals surface area contributed by atoms with E-state index in [2.05, 4.69) is 20.2 Å². The van der Waals surface area contributed by atoms with Gasteiger partial charge in [0.2, 0.25) is 11.1 Å². The van der Waals surface area contributed by atoms with Crippen LogP contribution < -0.4 is 0 Å². The summed E-state index contributed by atoms with van der Waals surface area (Å²) in [5.41, 5.74) is 2.86. The number of fused-ring (bicyclic) bond motifs is 3. The summed E-state index contributed by atoms with van der Waals surface area (Å²) >= 11 is 1.25. The van der Waals surface area contributed by atoms with Crippen LogP contribution in [0.25, 0.3) is 22.1 Å². The van der Waals surface area contributed by atoms with Crippen LogP contribution in [0.5, 0.6) is 0 Å². The Morgan fingerprint density at radius 1 is 1.14 bits per heavy atom. The Bertz CT molecular complexity index is 1210. The van der Waals surface area contributed by atoms with Crippen molar-refractivity contribution >= 4 is 39.7 Å². The molecule has 1 fully saturated rings. The molecule has 146 valence electrons. The molecule has 1 aliphatic rings. The van der Waals surface area contributed by atoms with Gasteiger partial charge in [0.15, 0.2) is 5.65 Å². The Hall–Kier alpha value is -3.00. The third kappa shape index (κ3) is 3.67. The van der Waals surface area contributed by atoms with Crippen molar-refractivity contribution in [1.29, 1.82) is 0 Å². The number of nitrogens with zero attached hydrogens (tertiary/aromatic N) is 4. The van der Waals surface area contributed by atoms with Crippen LogP contribution >= 0.6 is 11.8 Å². The van der Waals surface area contributed by atoms with Gasteiger partial charge in [0, 0.05) is 29.1 Å².